The molecular formula is C16H24N2O4S2. The number of hydrogen-bond donors (Lipinski definition) is 0. The Bertz CT molecular complexity index is 818. The SMILES string of the molecule is Cc1cc(N2CCCCS2(=O)=O)cc(C)c1S(=O)(=O)N1CCCC1. The van der Waals surface area contributed by atoms with E-state index in [2.05, 4.69) is 0 Å². The summed E-state index contributed by atoms with van der Waals surface area (Å²) >= 11 is 0. The predicted molar refractivity (Wildman–Crippen MR) is 94.3 cm³/mol. The average Bonchev–Trinajstić information content (AvgIpc) is 3.00. The normalized spacial score (nSPS) is 22.0. The number of rotatable bonds is 3. The Morgan fingerprint density at radius 1 is 0.917 bits per heavy atom. The minimum atomic E-state index is -3.51. The van der Waals surface area contributed by atoms with E-state index < -0.39 is 20.0 Å². The van der Waals surface area contributed by atoms with Crippen LogP contribution in [0.4, 0.5) is 5.69 Å². The van der Waals surface area contributed by atoms with Crippen LogP contribution in [0.5, 0.6) is 0 Å². The van der Waals surface area contributed by atoms with Gasteiger partial charge in [-0.1, -0.05) is 0 Å². The molecule has 1 aromatic rings. The van der Waals surface area contributed by atoms with Gasteiger partial charge in [-0.05, 0) is 62.8 Å². The van der Waals surface area contributed by atoms with E-state index in [-0.39, 0.29) is 5.75 Å². The number of anilines is 1. The molecule has 2 heterocycles. The molecule has 0 saturated carbocycles. The van der Waals surface area contributed by atoms with Crippen molar-refractivity contribution in [3.05, 3.63) is 23.3 Å². The number of sulfonamides is 2. The molecule has 6 nitrogen and oxygen atoms in total. The van der Waals surface area contributed by atoms with Crippen LogP contribution in [0.25, 0.3) is 0 Å². The lowest BCUT2D eigenvalue weighted by Crippen LogP contribution is -2.38. The average molecular weight is 373 g/mol. The molecule has 24 heavy (non-hydrogen) atoms. The molecule has 2 fully saturated rings. The van der Waals surface area contributed by atoms with Crippen molar-refractivity contribution in [2.75, 3.05) is 29.7 Å². The summed E-state index contributed by atoms with van der Waals surface area (Å²) in [5.41, 5.74) is 1.79. The van der Waals surface area contributed by atoms with Crippen molar-refractivity contribution in [1.82, 2.24) is 4.31 Å². The van der Waals surface area contributed by atoms with Crippen molar-refractivity contribution >= 4 is 25.7 Å². The molecule has 0 atom stereocenters. The van der Waals surface area contributed by atoms with E-state index in [0.29, 0.717) is 47.8 Å². The van der Waals surface area contributed by atoms with Gasteiger partial charge < -0.3 is 0 Å². The van der Waals surface area contributed by atoms with E-state index in [1.54, 1.807) is 26.0 Å². The van der Waals surface area contributed by atoms with Gasteiger partial charge in [-0.25, -0.2) is 16.8 Å². The van der Waals surface area contributed by atoms with Crippen LogP contribution in [0.15, 0.2) is 17.0 Å². The highest BCUT2D eigenvalue weighted by atomic mass is 32.2. The molecule has 2 aliphatic rings. The maximum atomic E-state index is 12.9. The Balaban J connectivity index is 2.03. The van der Waals surface area contributed by atoms with Crippen LogP contribution in [0.1, 0.15) is 36.8 Å². The molecule has 2 aliphatic heterocycles. The first-order valence-corrected chi connectivity index (χ1v) is 11.4. The lowest BCUT2D eigenvalue weighted by Gasteiger charge is -2.29. The molecule has 0 spiro atoms. The maximum absolute atomic E-state index is 12.9. The highest BCUT2D eigenvalue weighted by molar-refractivity contribution is 7.92. The second-order valence-corrected chi connectivity index (χ2v) is 10.5. The van der Waals surface area contributed by atoms with Gasteiger partial charge in [0.15, 0.2) is 0 Å². The van der Waals surface area contributed by atoms with Gasteiger partial charge >= 0.3 is 0 Å². The van der Waals surface area contributed by atoms with E-state index in [9.17, 15) is 16.8 Å². The van der Waals surface area contributed by atoms with Crippen LogP contribution in [-0.4, -0.2) is 46.5 Å². The van der Waals surface area contributed by atoms with E-state index in [4.69, 9.17) is 0 Å². The summed E-state index contributed by atoms with van der Waals surface area (Å²) in [5, 5.41) is 0. The van der Waals surface area contributed by atoms with Crippen LogP contribution in [0, 0.1) is 13.8 Å². The molecule has 0 aromatic heterocycles. The third-order valence-electron chi connectivity index (χ3n) is 4.75. The zero-order valence-electron chi connectivity index (χ0n) is 14.2. The zero-order valence-corrected chi connectivity index (χ0v) is 15.8. The topological polar surface area (TPSA) is 74.8 Å². The summed E-state index contributed by atoms with van der Waals surface area (Å²) in [6, 6.07) is 3.39. The van der Waals surface area contributed by atoms with Gasteiger partial charge in [0.1, 0.15) is 0 Å². The minimum Gasteiger partial charge on any atom is -0.270 e. The summed E-state index contributed by atoms with van der Waals surface area (Å²) in [6.07, 6.45) is 3.28. The number of aryl methyl sites for hydroxylation is 2. The monoisotopic (exact) mass is 372 g/mol. The van der Waals surface area contributed by atoms with Crippen molar-refractivity contribution in [2.24, 2.45) is 0 Å². The molecule has 0 N–H and O–H groups in total. The molecule has 0 amide bonds. The van der Waals surface area contributed by atoms with Crippen molar-refractivity contribution in [3.8, 4) is 0 Å². The molecular weight excluding hydrogens is 348 g/mol. The largest absolute Gasteiger partial charge is 0.270 e. The number of hydrogen-bond acceptors (Lipinski definition) is 4. The van der Waals surface area contributed by atoms with E-state index in [1.165, 1.54) is 8.61 Å². The second-order valence-electron chi connectivity index (χ2n) is 6.62. The summed E-state index contributed by atoms with van der Waals surface area (Å²) in [7, 11) is -6.81. The standard InChI is InChI=1S/C16H24N2O4S2/c1-13-11-15(18-9-5-6-10-23(18,19)20)12-14(2)16(13)24(21,22)17-7-3-4-8-17/h11-12H,3-10H2,1-2H3. The molecule has 3 rings (SSSR count). The first-order chi connectivity index (χ1) is 11.2. The van der Waals surface area contributed by atoms with Gasteiger partial charge in [-0.3, -0.25) is 4.31 Å². The summed E-state index contributed by atoms with van der Waals surface area (Å²) < 4.78 is 53.3. The van der Waals surface area contributed by atoms with Crippen molar-refractivity contribution in [3.63, 3.8) is 0 Å². The lowest BCUT2D eigenvalue weighted by atomic mass is 10.1. The third kappa shape index (κ3) is 3.07. The van der Waals surface area contributed by atoms with Crippen LogP contribution in [0.3, 0.4) is 0 Å². The van der Waals surface area contributed by atoms with Gasteiger partial charge in [-0.2, -0.15) is 4.31 Å². The predicted octanol–water partition coefficient (Wildman–Crippen LogP) is 2.02. The molecule has 0 radical (unpaired) electrons. The molecule has 0 unspecified atom stereocenters. The zero-order chi connectivity index (χ0) is 17.5. The molecule has 8 heteroatoms. The number of benzene rings is 1. The van der Waals surface area contributed by atoms with Gasteiger partial charge in [0.2, 0.25) is 20.0 Å². The van der Waals surface area contributed by atoms with E-state index >= 15 is 0 Å². The first-order valence-electron chi connectivity index (χ1n) is 8.35. The Labute approximate surface area is 144 Å². The minimum absolute atomic E-state index is 0.152. The van der Waals surface area contributed by atoms with E-state index in [0.717, 1.165) is 19.3 Å². The van der Waals surface area contributed by atoms with Crippen molar-refractivity contribution in [2.45, 2.75) is 44.4 Å². The van der Waals surface area contributed by atoms with Gasteiger partial charge in [0.05, 0.1) is 16.3 Å². The Kier molecular flexibility index (Phi) is 4.65. The smallest absolute Gasteiger partial charge is 0.243 e. The summed E-state index contributed by atoms with van der Waals surface area (Å²) in [5.74, 6) is 0.152. The van der Waals surface area contributed by atoms with Crippen LogP contribution in [0.2, 0.25) is 0 Å². The fourth-order valence-electron chi connectivity index (χ4n) is 3.61. The van der Waals surface area contributed by atoms with Crippen molar-refractivity contribution in [1.29, 1.82) is 0 Å². The highest BCUT2D eigenvalue weighted by Crippen LogP contribution is 2.32. The van der Waals surface area contributed by atoms with E-state index in [1.807, 2.05) is 0 Å². The summed E-state index contributed by atoms with van der Waals surface area (Å²) in [6.45, 7) is 5.07. The fraction of sp³-hybridized carbons (Fsp3) is 0.625. The fourth-order valence-corrected chi connectivity index (χ4v) is 7.17. The Hall–Kier alpha value is -1.12. The maximum Gasteiger partial charge on any atom is 0.243 e. The van der Waals surface area contributed by atoms with Gasteiger partial charge in [-0.15, -0.1) is 0 Å². The first kappa shape index (κ1) is 17.7. The van der Waals surface area contributed by atoms with Crippen LogP contribution < -0.4 is 4.31 Å². The molecule has 2 saturated heterocycles. The molecule has 1 aromatic carbocycles. The molecule has 0 bridgehead atoms. The van der Waals surface area contributed by atoms with Gasteiger partial charge in [0, 0.05) is 19.6 Å². The third-order valence-corrected chi connectivity index (χ3v) is 8.82. The van der Waals surface area contributed by atoms with Gasteiger partial charge in [0.25, 0.3) is 0 Å². The van der Waals surface area contributed by atoms with Crippen LogP contribution >= 0.6 is 0 Å². The number of nitrogens with zero attached hydrogens (tertiary/aromatic N) is 2. The quantitative estimate of drug-likeness (QED) is 0.813. The summed E-state index contributed by atoms with van der Waals surface area (Å²) in [4.78, 5) is 0.322. The second kappa shape index (κ2) is 6.31. The lowest BCUT2D eigenvalue weighted by molar-refractivity contribution is 0.476. The molecule has 134 valence electrons. The van der Waals surface area contributed by atoms with Crippen molar-refractivity contribution < 1.29 is 16.8 Å². The molecule has 0 aliphatic carbocycles. The highest BCUT2D eigenvalue weighted by Gasteiger charge is 2.32. The Morgan fingerprint density at radius 2 is 1.46 bits per heavy atom. The van der Waals surface area contributed by atoms with Crippen LogP contribution in [-0.2, 0) is 20.0 Å². The Morgan fingerprint density at radius 3 is 2.00 bits per heavy atom.